The van der Waals surface area contributed by atoms with E-state index in [4.69, 9.17) is 0 Å². The lowest BCUT2D eigenvalue weighted by Gasteiger charge is -2.03. The fourth-order valence-electron chi connectivity index (χ4n) is 1.71. The number of allylic oxidation sites excluding steroid dienone is 1. The van der Waals surface area contributed by atoms with Crippen LogP contribution in [0.1, 0.15) is 25.7 Å². The number of amides is 1. The second-order valence-corrected chi connectivity index (χ2v) is 3.09. The van der Waals surface area contributed by atoms with Crippen LogP contribution in [0.2, 0.25) is 0 Å². The maximum absolute atomic E-state index is 10.7. The van der Waals surface area contributed by atoms with E-state index in [2.05, 4.69) is 10.2 Å². The van der Waals surface area contributed by atoms with Crippen LogP contribution in [0.3, 0.4) is 0 Å². The Hall–Kier alpha value is -0.990. The van der Waals surface area contributed by atoms with Crippen LogP contribution in [0.25, 0.3) is 0 Å². The Kier molecular flexibility index (Phi) is 1.56. The molecule has 0 saturated heterocycles. The lowest BCUT2D eigenvalue weighted by molar-refractivity contribution is -0.113. The summed E-state index contributed by atoms with van der Waals surface area (Å²) in [5.41, 5.74) is 0.910. The molecule has 0 aromatic heterocycles. The highest BCUT2D eigenvalue weighted by atomic mass is 16.1. The Balaban J connectivity index is 2.10. The van der Waals surface area contributed by atoms with E-state index in [1.807, 2.05) is 0 Å². The van der Waals surface area contributed by atoms with E-state index in [1.165, 1.54) is 25.7 Å². The van der Waals surface area contributed by atoms with Gasteiger partial charge in [0.25, 0.3) is 5.91 Å². The minimum Gasteiger partial charge on any atom is -0.266 e. The molecule has 0 bridgehead atoms. The SMILES string of the molecule is O=C1C=C(C2CCCC2)N=N1. The summed E-state index contributed by atoms with van der Waals surface area (Å²) in [5.74, 6) is 0.331. The molecule has 0 N–H and O–H groups in total. The fourth-order valence-corrected chi connectivity index (χ4v) is 1.71. The van der Waals surface area contributed by atoms with Gasteiger partial charge in [-0.3, -0.25) is 4.79 Å². The Labute approximate surface area is 65.2 Å². The molecule has 1 fully saturated rings. The zero-order valence-corrected chi connectivity index (χ0v) is 6.29. The quantitative estimate of drug-likeness (QED) is 0.564. The number of carbonyl (C=O) groups excluding carboxylic acids is 1. The van der Waals surface area contributed by atoms with Crippen molar-refractivity contribution < 1.29 is 4.79 Å². The average molecular weight is 150 g/mol. The van der Waals surface area contributed by atoms with Crippen molar-refractivity contribution in [1.82, 2.24) is 0 Å². The molecule has 2 aliphatic rings. The van der Waals surface area contributed by atoms with Crippen molar-refractivity contribution in [1.29, 1.82) is 0 Å². The van der Waals surface area contributed by atoms with Gasteiger partial charge in [-0.25, -0.2) is 0 Å². The highest BCUT2D eigenvalue weighted by Gasteiger charge is 2.22. The van der Waals surface area contributed by atoms with Gasteiger partial charge in [-0.1, -0.05) is 12.8 Å². The van der Waals surface area contributed by atoms with Crippen LogP contribution >= 0.6 is 0 Å². The predicted molar refractivity (Wildman–Crippen MR) is 39.9 cm³/mol. The van der Waals surface area contributed by atoms with Crippen LogP contribution in [0, 0.1) is 5.92 Å². The third-order valence-corrected chi connectivity index (χ3v) is 2.31. The van der Waals surface area contributed by atoms with Gasteiger partial charge in [0.2, 0.25) is 0 Å². The van der Waals surface area contributed by atoms with Crippen molar-refractivity contribution in [2.24, 2.45) is 16.1 Å². The molecular weight excluding hydrogens is 140 g/mol. The summed E-state index contributed by atoms with van der Waals surface area (Å²) in [6.45, 7) is 0. The Morgan fingerprint density at radius 3 is 2.55 bits per heavy atom. The molecule has 1 heterocycles. The molecule has 1 amide bonds. The Morgan fingerprint density at radius 2 is 2.00 bits per heavy atom. The van der Waals surface area contributed by atoms with Gasteiger partial charge in [0, 0.05) is 12.0 Å². The third kappa shape index (κ3) is 1.23. The van der Waals surface area contributed by atoms with E-state index in [9.17, 15) is 4.79 Å². The molecule has 0 aromatic rings. The van der Waals surface area contributed by atoms with Crippen LogP contribution in [-0.4, -0.2) is 5.91 Å². The number of carbonyl (C=O) groups is 1. The van der Waals surface area contributed by atoms with Crippen molar-refractivity contribution in [3.05, 3.63) is 11.8 Å². The number of hydrogen-bond donors (Lipinski definition) is 0. The molecule has 1 saturated carbocycles. The highest BCUT2D eigenvalue weighted by molar-refractivity contribution is 5.90. The van der Waals surface area contributed by atoms with Crippen LogP contribution < -0.4 is 0 Å². The monoisotopic (exact) mass is 150 g/mol. The predicted octanol–water partition coefficient (Wildman–Crippen LogP) is 2.05. The van der Waals surface area contributed by atoms with E-state index in [0.29, 0.717) is 5.92 Å². The number of nitrogens with zero attached hydrogens (tertiary/aromatic N) is 2. The molecule has 0 spiro atoms. The first kappa shape index (κ1) is 6.70. The van der Waals surface area contributed by atoms with E-state index in [1.54, 1.807) is 6.08 Å². The van der Waals surface area contributed by atoms with Gasteiger partial charge in [-0.15, -0.1) is 5.11 Å². The average Bonchev–Trinajstić information content (AvgIpc) is 2.55. The molecule has 0 atom stereocenters. The molecule has 0 aromatic carbocycles. The van der Waals surface area contributed by atoms with Crippen molar-refractivity contribution >= 4 is 5.91 Å². The number of hydrogen-bond acceptors (Lipinski definition) is 2. The minimum absolute atomic E-state index is 0.188. The van der Waals surface area contributed by atoms with Crippen LogP contribution in [-0.2, 0) is 4.79 Å². The van der Waals surface area contributed by atoms with Gasteiger partial charge in [-0.05, 0) is 12.8 Å². The van der Waals surface area contributed by atoms with Gasteiger partial charge < -0.3 is 0 Å². The van der Waals surface area contributed by atoms with Gasteiger partial charge in [0.1, 0.15) is 0 Å². The molecule has 1 aliphatic carbocycles. The molecule has 11 heavy (non-hydrogen) atoms. The van der Waals surface area contributed by atoms with Crippen LogP contribution in [0.15, 0.2) is 22.0 Å². The molecule has 0 radical (unpaired) electrons. The van der Waals surface area contributed by atoms with E-state index < -0.39 is 0 Å². The molecule has 2 rings (SSSR count). The van der Waals surface area contributed by atoms with E-state index in [0.717, 1.165) is 5.70 Å². The first-order chi connectivity index (χ1) is 5.36. The fraction of sp³-hybridized carbons (Fsp3) is 0.625. The van der Waals surface area contributed by atoms with E-state index in [-0.39, 0.29) is 5.91 Å². The van der Waals surface area contributed by atoms with Gasteiger partial charge in [0.05, 0.1) is 5.70 Å². The Morgan fingerprint density at radius 1 is 1.27 bits per heavy atom. The second-order valence-electron chi connectivity index (χ2n) is 3.09. The van der Waals surface area contributed by atoms with Crippen molar-refractivity contribution in [3.8, 4) is 0 Å². The van der Waals surface area contributed by atoms with Crippen LogP contribution in [0.5, 0.6) is 0 Å². The summed E-state index contributed by atoms with van der Waals surface area (Å²) in [7, 11) is 0. The van der Waals surface area contributed by atoms with Gasteiger partial charge in [-0.2, -0.15) is 5.11 Å². The lowest BCUT2D eigenvalue weighted by Crippen LogP contribution is -1.94. The molecule has 1 aliphatic heterocycles. The molecular formula is C8H10N2O. The standard InChI is InChI=1S/C8H10N2O/c11-8-5-7(9-10-8)6-3-1-2-4-6/h5-6H,1-4H2. The first-order valence-electron chi connectivity index (χ1n) is 4.03. The van der Waals surface area contributed by atoms with E-state index >= 15 is 0 Å². The largest absolute Gasteiger partial charge is 0.290 e. The summed E-state index contributed by atoms with van der Waals surface area (Å²) in [6, 6.07) is 0. The lowest BCUT2D eigenvalue weighted by atomic mass is 10.0. The number of azo groups is 1. The number of rotatable bonds is 1. The first-order valence-corrected chi connectivity index (χ1v) is 4.03. The molecule has 3 nitrogen and oxygen atoms in total. The zero-order valence-electron chi connectivity index (χ0n) is 6.29. The smallest absolute Gasteiger partial charge is 0.266 e. The summed E-state index contributed by atoms with van der Waals surface area (Å²) in [5, 5.41) is 7.29. The molecule has 3 heteroatoms. The van der Waals surface area contributed by atoms with Crippen LogP contribution in [0.4, 0.5) is 0 Å². The second kappa shape index (κ2) is 2.57. The van der Waals surface area contributed by atoms with Gasteiger partial charge >= 0.3 is 0 Å². The third-order valence-electron chi connectivity index (χ3n) is 2.31. The summed E-state index contributed by atoms with van der Waals surface area (Å²) in [6.07, 6.45) is 6.46. The van der Waals surface area contributed by atoms with Crippen molar-refractivity contribution in [2.75, 3.05) is 0 Å². The normalized spacial score (nSPS) is 24.7. The Bertz CT molecular complexity index is 236. The summed E-state index contributed by atoms with van der Waals surface area (Å²) in [4.78, 5) is 10.7. The zero-order chi connectivity index (χ0) is 7.68. The highest BCUT2D eigenvalue weighted by Crippen LogP contribution is 2.33. The molecule has 0 unspecified atom stereocenters. The molecule has 58 valence electrons. The van der Waals surface area contributed by atoms with Crippen molar-refractivity contribution in [2.45, 2.75) is 25.7 Å². The van der Waals surface area contributed by atoms with Crippen molar-refractivity contribution in [3.63, 3.8) is 0 Å². The topological polar surface area (TPSA) is 41.8 Å². The minimum atomic E-state index is -0.188. The summed E-state index contributed by atoms with van der Waals surface area (Å²) >= 11 is 0. The maximum atomic E-state index is 10.7. The van der Waals surface area contributed by atoms with Gasteiger partial charge in [0.15, 0.2) is 0 Å². The maximum Gasteiger partial charge on any atom is 0.290 e. The summed E-state index contributed by atoms with van der Waals surface area (Å²) < 4.78 is 0.